The summed E-state index contributed by atoms with van der Waals surface area (Å²) < 4.78 is 11.1. The molecule has 1 aliphatic rings. The number of carbonyl (C=O) groups excluding carboxylic acids is 1. The van der Waals surface area contributed by atoms with E-state index in [1.165, 1.54) is 6.33 Å². The van der Waals surface area contributed by atoms with Crippen LogP contribution in [0.25, 0.3) is 0 Å². The van der Waals surface area contributed by atoms with Gasteiger partial charge in [0, 0.05) is 31.3 Å². The van der Waals surface area contributed by atoms with Crippen molar-refractivity contribution < 1.29 is 14.3 Å². The van der Waals surface area contributed by atoms with Gasteiger partial charge in [-0.1, -0.05) is 0 Å². The predicted molar refractivity (Wildman–Crippen MR) is 78.1 cm³/mol. The first-order valence-electron chi connectivity index (χ1n) is 7.31. The number of nitrogens with zero attached hydrogens (tertiary/aromatic N) is 3. The molecule has 2 rings (SSSR count). The third-order valence-corrected chi connectivity index (χ3v) is 3.19. The summed E-state index contributed by atoms with van der Waals surface area (Å²) in [7, 11) is 0. The van der Waals surface area contributed by atoms with E-state index in [0.717, 1.165) is 19.4 Å². The molecule has 1 unspecified atom stereocenters. The van der Waals surface area contributed by atoms with Crippen LogP contribution >= 0.6 is 0 Å². The third kappa shape index (κ3) is 5.21. The molecule has 0 N–H and O–H groups in total. The molecule has 1 aromatic rings. The second-order valence-corrected chi connectivity index (χ2v) is 6.29. The molecule has 116 valence electrons. The van der Waals surface area contributed by atoms with Gasteiger partial charge in [0.1, 0.15) is 11.9 Å². The molecule has 0 bridgehead atoms. The molecule has 0 spiro atoms. The first-order valence-corrected chi connectivity index (χ1v) is 7.31. The fourth-order valence-electron chi connectivity index (χ4n) is 2.26. The van der Waals surface area contributed by atoms with E-state index in [1.807, 2.05) is 20.8 Å². The molecule has 0 saturated carbocycles. The van der Waals surface area contributed by atoms with E-state index in [-0.39, 0.29) is 6.09 Å². The molecule has 1 atom stereocenters. The maximum absolute atomic E-state index is 12.1. The lowest BCUT2D eigenvalue weighted by atomic mass is 9.99. The van der Waals surface area contributed by atoms with Crippen molar-refractivity contribution in [1.82, 2.24) is 14.9 Å². The third-order valence-electron chi connectivity index (χ3n) is 3.19. The van der Waals surface area contributed by atoms with Crippen LogP contribution in [0.3, 0.4) is 0 Å². The Bertz CT molecular complexity index is 459. The van der Waals surface area contributed by atoms with Crippen LogP contribution in [0.1, 0.15) is 33.6 Å². The molecular weight excluding hydrogens is 270 g/mol. The zero-order valence-corrected chi connectivity index (χ0v) is 12.9. The molecule has 1 aliphatic heterocycles. The fourth-order valence-corrected chi connectivity index (χ4v) is 2.26. The minimum absolute atomic E-state index is 0.241. The number of aromatic nitrogens is 2. The second kappa shape index (κ2) is 6.74. The molecule has 2 heterocycles. The molecule has 6 nitrogen and oxygen atoms in total. The highest BCUT2D eigenvalue weighted by Gasteiger charge is 2.27. The van der Waals surface area contributed by atoms with E-state index in [9.17, 15) is 4.79 Å². The first kappa shape index (κ1) is 15.5. The molecule has 1 saturated heterocycles. The standard InChI is InChI=1S/C15H23N3O3/c1-15(2,3)21-14(19)18-8-4-5-12(9-18)10-20-13-6-7-16-11-17-13/h6-7,11-12H,4-5,8-10H2,1-3H3. The lowest BCUT2D eigenvalue weighted by Gasteiger charge is -2.33. The summed E-state index contributed by atoms with van der Waals surface area (Å²) in [5.41, 5.74) is -0.457. The molecule has 6 heteroatoms. The Morgan fingerprint density at radius 3 is 2.95 bits per heavy atom. The SMILES string of the molecule is CC(C)(C)OC(=O)N1CCCC(COc2ccncn2)C1. The van der Waals surface area contributed by atoms with Crippen LogP contribution in [0.4, 0.5) is 4.79 Å². The van der Waals surface area contributed by atoms with Crippen molar-refractivity contribution in [3.05, 3.63) is 18.6 Å². The molecule has 0 aromatic carbocycles. The first-order chi connectivity index (χ1) is 9.94. The van der Waals surface area contributed by atoms with E-state index < -0.39 is 5.60 Å². The Balaban J connectivity index is 1.82. The summed E-state index contributed by atoms with van der Waals surface area (Å²) >= 11 is 0. The maximum Gasteiger partial charge on any atom is 0.410 e. The quantitative estimate of drug-likeness (QED) is 0.856. The minimum atomic E-state index is -0.457. The molecule has 21 heavy (non-hydrogen) atoms. The fraction of sp³-hybridized carbons (Fsp3) is 0.667. The average Bonchev–Trinajstić information content (AvgIpc) is 2.45. The second-order valence-electron chi connectivity index (χ2n) is 6.29. The minimum Gasteiger partial charge on any atom is -0.477 e. The van der Waals surface area contributed by atoms with Crippen molar-refractivity contribution in [2.75, 3.05) is 19.7 Å². The van der Waals surface area contributed by atoms with E-state index in [1.54, 1.807) is 17.2 Å². The van der Waals surface area contributed by atoms with Gasteiger partial charge in [-0.3, -0.25) is 0 Å². The van der Waals surface area contributed by atoms with Gasteiger partial charge < -0.3 is 14.4 Å². The number of amides is 1. The number of rotatable bonds is 3. The van der Waals surface area contributed by atoms with Gasteiger partial charge in [-0.25, -0.2) is 14.8 Å². The molecule has 1 amide bonds. The highest BCUT2D eigenvalue weighted by molar-refractivity contribution is 5.68. The van der Waals surface area contributed by atoms with E-state index in [4.69, 9.17) is 9.47 Å². The number of carbonyl (C=O) groups is 1. The van der Waals surface area contributed by atoms with Crippen LogP contribution in [0.15, 0.2) is 18.6 Å². The summed E-state index contributed by atoms with van der Waals surface area (Å²) in [5.74, 6) is 0.876. The Hall–Kier alpha value is -1.85. The van der Waals surface area contributed by atoms with Gasteiger partial charge >= 0.3 is 6.09 Å². The number of piperidine rings is 1. The molecule has 0 aliphatic carbocycles. The van der Waals surface area contributed by atoms with Gasteiger partial charge in [-0.05, 0) is 33.6 Å². The molecule has 1 aromatic heterocycles. The van der Waals surface area contributed by atoms with Crippen molar-refractivity contribution in [3.63, 3.8) is 0 Å². The monoisotopic (exact) mass is 293 g/mol. The van der Waals surface area contributed by atoms with Crippen LogP contribution in [0, 0.1) is 5.92 Å². The summed E-state index contributed by atoms with van der Waals surface area (Å²) in [6, 6.07) is 1.73. The summed E-state index contributed by atoms with van der Waals surface area (Å²) in [6.07, 6.45) is 4.88. The lowest BCUT2D eigenvalue weighted by molar-refractivity contribution is 0.0138. The molecular formula is C15H23N3O3. The van der Waals surface area contributed by atoms with Gasteiger partial charge in [0.15, 0.2) is 0 Å². The average molecular weight is 293 g/mol. The Kier molecular flexibility index (Phi) is 4.98. The van der Waals surface area contributed by atoms with Crippen molar-refractivity contribution in [2.24, 2.45) is 5.92 Å². The normalized spacial score (nSPS) is 19.2. The Morgan fingerprint density at radius 1 is 1.48 bits per heavy atom. The predicted octanol–water partition coefficient (Wildman–Crippen LogP) is 2.50. The largest absolute Gasteiger partial charge is 0.477 e. The van der Waals surface area contributed by atoms with Crippen LogP contribution in [-0.2, 0) is 4.74 Å². The van der Waals surface area contributed by atoms with Crippen LogP contribution < -0.4 is 4.74 Å². The van der Waals surface area contributed by atoms with Gasteiger partial charge in [-0.2, -0.15) is 0 Å². The summed E-state index contributed by atoms with van der Waals surface area (Å²) in [6.45, 7) is 7.61. The van der Waals surface area contributed by atoms with Crippen molar-refractivity contribution in [1.29, 1.82) is 0 Å². The van der Waals surface area contributed by atoms with E-state index >= 15 is 0 Å². The zero-order valence-electron chi connectivity index (χ0n) is 12.9. The Morgan fingerprint density at radius 2 is 2.29 bits per heavy atom. The van der Waals surface area contributed by atoms with Crippen molar-refractivity contribution >= 4 is 6.09 Å². The number of ether oxygens (including phenoxy) is 2. The highest BCUT2D eigenvalue weighted by Crippen LogP contribution is 2.20. The smallest absolute Gasteiger partial charge is 0.410 e. The lowest BCUT2D eigenvalue weighted by Crippen LogP contribution is -2.44. The number of likely N-dealkylation sites (tertiary alicyclic amines) is 1. The van der Waals surface area contributed by atoms with Gasteiger partial charge in [0.2, 0.25) is 5.88 Å². The summed E-state index contributed by atoms with van der Waals surface area (Å²) in [4.78, 5) is 21.7. The van der Waals surface area contributed by atoms with Crippen molar-refractivity contribution in [2.45, 2.75) is 39.2 Å². The molecule has 1 fully saturated rings. The summed E-state index contributed by atoms with van der Waals surface area (Å²) in [5, 5.41) is 0. The van der Waals surface area contributed by atoms with Crippen LogP contribution in [0.5, 0.6) is 5.88 Å². The highest BCUT2D eigenvalue weighted by atomic mass is 16.6. The zero-order chi connectivity index (χ0) is 15.3. The van der Waals surface area contributed by atoms with Crippen LogP contribution in [0.2, 0.25) is 0 Å². The van der Waals surface area contributed by atoms with E-state index in [2.05, 4.69) is 9.97 Å². The van der Waals surface area contributed by atoms with Gasteiger partial charge in [0.25, 0.3) is 0 Å². The Labute approximate surface area is 125 Å². The van der Waals surface area contributed by atoms with Crippen molar-refractivity contribution in [3.8, 4) is 5.88 Å². The number of hydrogen-bond acceptors (Lipinski definition) is 5. The molecule has 0 radical (unpaired) electrons. The maximum atomic E-state index is 12.1. The van der Waals surface area contributed by atoms with E-state index in [0.29, 0.717) is 24.9 Å². The topological polar surface area (TPSA) is 64.5 Å². The van der Waals surface area contributed by atoms with Gasteiger partial charge in [0.05, 0.1) is 6.61 Å². The number of hydrogen-bond donors (Lipinski definition) is 0. The van der Waals surface area contributed by atoms with Crippen LogP contribution in [-0.4, -0.2) is 46.3 Å². The van der Waals surface area contributed by atoms with Gasteiger partial charge in [-0.15, -0.1) is 0 Å².